The number of hydrogen-bond donors (Lipinski definition) is 0. The fourth-order valence-electron chi connectivity index (χ4n) is 3.38. The third-order valence-electron chi connectivity index (χ3n) is 5.08. The molecule has 5 rings (SSSR count). The van der Waals surface area contributed by atoms with Crippen LogP contribution in [0.15, 0.2) is 71.7 Å². The summed E-state index contributed by atoms with van der Waals surface area (Å²) in [6.07, 6.45) is 1.80. The molecule has 0 aliphatic rings. The molecule has 0 saturated carbocycles. The molecule has 0 N–H and O–H groups in total. The maximum atomic E-state index is 12.3. The summed E-state index contributed by atoms with van der Waals surface area (Å²) in [4.78, 5) is 16.9. The van der Waals surface area contributed by atoms with E-state index < -0.39 is 0 Å². The molecular formula is C22H19N7O2. The summed E-state index contributed by atoms with van der Waals surface area (Å²) < 4.78 is 10.1. The molecule has 3 heterocycles. The highest BCUT2D eigenvalue weighted by atomic mass is 16.5. The highest BCUT2D eigenvalue weighted by molar-refractivity contribution is 5.79. The van der Waals surface area contributed by atoms with Crippen LogP contribution in [0, 0.1) is 6.92 Å². The molecule has 0 aliphatic heterocycles. The molecule has 0 fully saturated rings. The van der Waals surface area contributed by atoms with Crippen molar-refractivity contribution in [3.05, 3.63) is 88.5 Å². The second kappa shape index (κ2) is 7.52. The van der Waals surface area contributed by atoms with E-state index in [1.54, 1.807) is 24.0 Å². The number of nitrogens with zero attached hydrogens (tertiary/aromatic N) is 7. The largest absolute Gasteiger partial charge is 0.472 e. The third-order valence-corrected chi connectivity index (χ3v) is 5.08. The second-order valence-electron chi connectivity index (χ2n) is 7.12. The molecule has 0 atom stereocenters. The molecule has 9 heteroatoms. The number of ether oxygens (including phenoxy) is 1. The first-order valence-electron chi connectivity index (χ1n) is 9.73. The summed E-state index contributed by atoms with van der Waals surface area (Å²) in [6, 6.07) is 19.3. The minimum absolute atomic E-state index is 0.229. The lowest BCUT2D eigenvalue weighted by molar-refractivity contribution is 0.290. The van der Waals surface area contributed by atoms with E-state index in [9.17, 15) is 4.79 Å². The first-order chi connectivity index (χ1) is 15.1. The van der Waals surface area contributed by atoms with Gasteiger partial charge in [-0.25, -0.2) is 14.5 Å². The molecule has 31 heavy (non-hydrogen) atoms. The fourth-order valence-corrected chi connectivity index (χ4v) is 3.38. The average Bonchev–Trinajstić information content (AvgIpc) is 3.39. The van der Waals surface area contributed by atoms with Gasteiger partial charge in [0, 0.05) is 30.3 Å². The van der Waals surface area contributed by atoms with Gasteiger partial charge in [-0.2, -0.15) is 9.36 Å². The molecule has 0 amide bonds. The van der Waals surface area contributed by atoms with Crippen LogP contribution in [-0.4, -0.2) is 34.6 Å². The Bertz CT molecular complexity index is 1450. The summed E-state index contributed by atoms with van der Waals surface area (Å²) >= 11 is 0. The molecule has 154 valence electrons. The van der Waals surface area contributed by atoms with Crippen molar-refractivity contribution in [2.45, 2.75) is 13.5 Å². The van der Waals surface area contributed by atoms with Crippen LogP contribution in [0.2, 0.25) is 0 Å². The van der Waals surface area contributed by atoms with E-state index in [1.807, 2.05) is 61.5 Å². The number of fused-ring (bicyclic) bond motifs is 1. The number of benzene rings is 2. The maximum Gasteiger partial charge on any atom is 0.368 e. The quantitative estimate of drug-likeness (QED) is 0.440. The Hall–Kier alpha value is -4.27. The van der Waals surface area contributed by atoms with Gasteiger partial charge in [0.25, 0.3) is 0 Å². The number of aryl methyl sites for hydroxylation is 2. The predicted molar refractivity (Wildman–Crippen MR) is 115 cm³/mol. The van der Waals surface area contributed by atoms with Crippen molar-refractivity contribution >= 4 is 10.9 Å². The van der Waals surface area contributed by atoms with E-state index in [-0.39, 0.29) is 12.3 Å². The summed E-state index contributed by atoms with van der Waals surface area (Å²) in [5, 5.41) is 13.3. The summed E-state index contributed by atoms with van der Waals surface area (Å²) in [5.74, 6) is 1.16. The summed E-state index contributed by atoms with van der Waals surface area (Å²) in [5.41, 5.74) is 3.03. The van der Waals surface area contributed by atoms with Crippen LogP contribution in [0.5, 0.6) is 5.88 Å². The van der Waals surface area contributed by atoms with Crippen LogP contribution in [0.4, 0.5) is 0 Å². The molecular weight excluding hydrogens is 394 g/mol. The van der Waals surface area contributed by atoms with Crippen LogP contribution in [0.1, 0.15) is 11.1 Å². The van der Waals surface area contributed by atoms with Gasteiger partial charge in [0.2, 0.25) is 5.88 Å². The minimum Gasteiger partial charge on any atom is -0.472 e. The van der Waals surface area contributed by atoms with Gasteiger partial charge in [0.05, 0.1) is 11.2 Å². The summed E-state index contributed by atoms with van der Waals surface area (Å²) in [7, 11) is 1.56. The second-order valence-corrected chi connectivity index (χ2v) is 7.12. The molecule has 0 radical (unpaired) electrons. The van der Waals surface area contributed by atoms with Gasteiger partial charge in [-0.05, 0) is 47.2 Å². The third kappa shape index (κ3) is 3.46. The van der Waals surface area contributed by atoms with E-state index in [4.69, 9.17) is 4.74 Å². The van der Waals surface area contributed by atoms with Gasteiger partial charge in [0.1, 0.15) is 6.61 Å². The van der Waals surface area contributed by atoms with Crippen LogP contribution < -0.4 is 10.4 Å². The van der Waals surface area contributed by atoms with E-state index in [2.05, 4.69) is 20.5 Å². The highest BCUT2D eigenvalue weighted by Crippen LogP contribution is 2.20. The van der Waals surface area contributed by atoms with Crippen molar-refractivity contribution in [1.29, 1.82) is 0 Å². The van der Waals surface area contributed by atoms with Gasteiger partial charge in [-0.1, -0.05) is 30.3 Å². The van der Waals surface area contributed by atoms with Crippen molar-refractivity contribution in [3.63, 3.8) is 0 Å². The molecule has 0 spiro atoms. The lowest BCUT2D eigenvalue weighted by Crippen LogP contribution is -2.23. The SMILES string of the molecule is Cc1cccc(-n2nnn(C)c2=O)c1COc1ccn(-c2ccc3ccccc3n2)n1. The van der Waals surface area contributed by atoms with E-state index >= 15 is 0 Å². The van der Waals surface area contributed by atoms with Crippen LogP contribution in [0.3, 0.4) is 0 Å². The van der Waals surface area contributed by atoms with Crippen molar-refractivity contribution in [2.24, 2.45) is 7.05 Å². The van der Waals surface area contributed by atoms with Gasteiger partial charge in [-0.15, -0.1) is 5.10 Å². The number of rotatable bonds is 5. The number of aromatic nitrogens is 7. The lowest BCUT2D eigenvalue weighted by atomic mass is 10.1. The van der Waals surface area contributed by atoms with E-state index in [0.717, 1.165) is 22.0 Å². The molecule has 9 nitrogen and oxygen atoms in total. The Labute approximate surface area is 177 Å². The zero-order valence-corrected chi connectivity index (χ0v) is 17.0. The Morgan fingerprint density at radius 3 is 2.68 bits per heavy atom. The topological polar surface area (TPSA) is 92.7 Å². The highest BCUT2D eigenvalue weighted by Gasteiger charge is 2.14. The Morgan fingerprint density at radius 1 is 0.968 bits per heavy atom. The first kappa shape index (κ1) is 18.7. The van der Waals surface area contributed by atoms with E-state index in [1.165, 1.54) is 9.36 Å². The number of tetrazole rings is 1. The van der Waals surface area contributed by atoms with Crippen LogP contribution in [0.25, 0.3) is 22.4 Å². The van der Waals surface area contributed by atoms with Crippen molar-refractivity contribution in [3.8, 4) is 17.4 Å². The zero-order valence-electron chi connectivity index (χ0n) is 17.0. The number of para-hydroxylation sites is 1. The van der Waals surface area contributed by atoms with Gasteiger partial charge < -0.3 is 4.74 Å². The molecule has 3 aromatic heterocycles. The van der Waals surface area contributed by atoms with E-state index in [0.29, 0.717) is 17.4 Å². The number of hydrogen-bond acceptors (Lipinski definition) is 6. The maximum absolute atomic E-state index is 12.3. The van der Waals surface area contributed by atoms with Gasteiger partial charge in [-0.3, -0.25) is 0 Å². The molecule has 5 aromatic rings. The molecule has 0 saturated heterocycles. The minimum atomic E-state index is -0.321. The molecule has 0 unspecified atom stereocenters. The van der Waals surface area contributed by atoms with Crippen LogP contribution >= 0.6 is 0 Å². The fraction of sp³-hybridized carbons (Fsp3) is 0.136. The Kier molecular flexibility index (Phi) is 4.55. The van der Waals surface area contributed by atoms with Crippen molar-refractivity contribution in [1.82, 2.24) is 34.6 Å². The first-order valence-corrected chi connectivity index (χ1v) is 9.73. The zero-order chi connectivity index (χ0) is 21.4. The smallest absolute Gasteiger partial charge is 0.368 e. The standard InChI is InChI=1S/C22H19N7O2/c1-15-6-5-9-19(29-22(30)27(2)25-26-29)17(15)14-31-21-12-13-28(24-21)20-11-10-16-7-3-4-8-18(16)23-20/h3-13H,14H2,1-2H3. The van der Waals surface area contributed by atoms with Gasteiger partial charge >= 0.3 is 5.69 Å². The monoisotopic (exact) mass is 413 g/mol. The Morgan fingerprint density at radius 2 is 1.84 bits per heavy atom. The molecule has 0 aliphatic carbocycles. The Balaban J connectivity index is 1.41. The molecule has 0 bridgehead atoms. The molecule has 2 aromatic carbocycles. The van der Waals surface area contributed by atoms with Crippen LogP contribution in [-0.2, 0) is 13.7 Å². The normalized spacial score (nSPS) is 11.2. The lowest BCUT2D eigenvalue weighted by Gasteiger charge is -2.11. The number of pyridine rings is 1. The van der Waals surface area contributed by atoms with Crippen molar-refractivity contribution in [2.75, 3.05) is 0 Å². The predicted octanol–water partition coefficient (Wildman–Crippen LogP) is 2.59. The average molecular weight is 413 g/mol. The van der Waals surface area contributed by atoms with Crippen molar-refractivity contribution < 1.29 is 4.74 Å². The van der Waals surface area contributed by atoms with Gasteiger partial charge in [0.15, 0.2) is 5.82 Å². The summed E-state index contributed by atoms with van der Waals surface area (Å²) in [6.45, 7) is 2.19.